The minimum atomic E-state index is -2.32. The highest BCUT2D eigenvalue weighted by Crippen LogP contribution is 2.29. The Hall–Kier alpha value is 0.177. The molecule has 0 rings (SSSR count). The SMILES string of the molecule is CC(C)(C)CCCCCCCCCCCC[Si]([O])(CCCCCCCCCCCCC(C)(C)C)CCCCCCCCCCCCC(C)(C)C. The molecule has 1 nitrogen and oxygen atoms in total. The van der Waals surface area contributed by atoms with Gasteiger partial charge in [-0.05, 0) is 53.6 Å². The summed E-state index contributed by atoms with van der Waals surface area (Å²) >= 11 is 0. The van der Waals surface area contributed by atoms with Crippen LogP contribution >= 0.6 is 0 Å². The van der Waals surface area contributed by atoms with Gasteiger partial charge in [-0.2, -0.15) is 0 Å². The van der Waals surface area contributed by atoms with Crippen LogP contribution in [0.15, 0.2) is 0 Å². The second-order valence-corrected chi connectivity index (χ2v) is 24.8. The van der Waals surface area contributed by atoms with Crippen LogP contribution in [0.4, 0.5) is 0 Å². The van der Waals surface area contributed by atoms with Crippen LogP contribution in [0, 0.1) is 16.2 Å². The van der Waals surface area contributed by atoms with E-state index in [4.69, 9.17) is 0 Å². The van der Waals surface area contributed by atoms with Gasteiger partial charge in [0, 0.05) is 0 Å². The number of hydrogen-bond acceptors (Lipinski definition) is 0. The van der Waals surface area contributed by atoms with E-state index in [1.165, 1.54) is 212 Å². The summed E-state index contributed by atoms with van der Waals surface area (Å²) in [4.78, 5) is 14.2. The molecule has 0 atom stereocenters. The fraction of sp³-hybridized carbons (Fsp3) is 1.00. The van der Waals surface area contributed by atoms with E-state index in [0.717, 1.165) is 18.1 Å². The average molecular weight is 720 g/mol. The molecule has 0 saturated heterocycles. The topological polar surface area (TPSA) is 19.9 Å². The average Bonchev–Trinajstić information content (AvgIpc) is 3.01. The Bertz CT molecular complexity index is 599. The number of unbranched alkanes of at least 4 members (excludes halogenated alkanes) is 27. The maximum Gasteiger partial charge on any atom is 0.237 e. The fourth-order valence-corrected chi connectivity index (χ4v) is 11.4. The molecule has 0 aliphatic carbocycles. The molecule has 301 valence electrons. The third kappa shape index (κ3) is 40.9. The van der Waals surface area contributed by atoms with Gasteiger partial charge in [0.2, 0.25) is 8.32 Å². The maximum atomic E-state index is 14.2. The Kier molecular flexibility index (Phi) is 31.6. The summed E-state index contributed by atoms with van der Waals surface area (Å²) < 4.78 is 0. The van der Waals surface area contributed by atoms with Crippen molar-refractivity contribution in [1.82, 2.24) is 0 Å². The molecular formula is C48H99OSi. The highest BCUT2D eigenvalue weighted by Gasteiger charge is 2.31. The zero-order chi connectivity index (χ0) is 37.5. The summed E-state index contributed by atoms with van der Waals surface area (Å²) in [5, 5.41) is 0. The van der Waals surface area contributed by atoms with E-state index in [-0.39, 0.29) is 0 Å². The predicted molar refractivity (Wildman–Crippen MR) is 232 cm³/mol. The van der Waals surface area contributed by atoms with Crippen LogP contribution in [0.25, 0.3) is 0 Å². The minimum absolute atomic E-state index is 0.501. The first-order chi connectivity index (χ1) is 23.6. The van der Waals surface area contributed by atoms with Crippen molar-refractivity contribution in [2.75, 3.05) is 0 Å². The first-order valence-electron chi connectivity index (χ1n) is 23.3. The van der Waals surface area contributed by atoms with Gasteiger partial charge >= 0.3 is 0 Å². The number of hydrogen-bond donors (Lipinski definition) is 0. The standard InChI is InChI=1S/C48H99OSi/c1-46(2,3)40-34-28-22-16-10-13-19-25-31-37-43-50(49,44-38-32-26-20-14-11-17-23-29-35-41-47(4,5)6)45-39-33-27-21-15-12-18-24-30-36-42-48(7,8)9/h10-45H2,1-9H3. The van der Waals surface area contributed by atoms with Gasteiger partial charge in [0.25, 0.3) is 0 Å². The second-order valence-electron chi connectivity index (χ2n) is 21.0. The molecule has 1 radical (unpaired) electrons. The molecule has 0 aliphatic heterocycles. The zero-order valence-corrected chi connectivity index (χ0v) is 37.9. The van der Waals surface area contributed by atoms with Crippen molar-refractivity contribution in [1.29, 1.82) is 0 Å². The van der Waals surface area contributed by atoms with Gasteiger partial charge in [-0.3, -0.25) is 4.80 Å². The smallest absolute Gasteiger partial charge is 0.237 e. The molecule has 0 aromatic rings. The summed E-state index contributed by atoms with van der Waals surface area (Å²) in [6.45, 7) is 21.3. The van der Waals surface area contributed by atoms with E-state index in [1.807, 2.05) is 0 Å². The highest BCUT2D eigenvalue weighted by atomic mass is 28.4. The van der Waals surface area contributed by atoms with Crippen LogP contribution in [-0.4, -0.2) is 8.32 Å². The van der Waals surface area contributed by atoms with E-state index >= 15 is 0 Å². The van der Waals surface area contributed by atoms with Crippen molar-refractivity contribution >= 4 is 8.32 Å². The lowest BCUT2D eigenvalue weighted by Gasteiger charge is -2.23. The van der Waals surface area contributed by atoms with Gasteiger partial charge in [0.1, 0.15) is 0 Å². The highest BCUT2D eigenvalue weighted by molar-refractivity contribution is 6.72. The van der Waals surface area contributed by atoms with Crippen molar-refractivity contribution in [2.45, 2.75) is 292 Å². The first-order valence-corrected chi connectivity index (χ1v) is 25.9. The zero-order valence-electron chi connectivity index (χ0n) is 36.9. The van der Waals surface area contributed by atoms with Crippen molar-refractivity contribution in [3.63, 3.8) is 0 Å². The Morgan fingerprint density at radius 2 is 0.380 bits per heavy atom. The quantitative estimate of drug-likeness (QED) is 0.0454. The van der Waals surface area contributed by atoms with Crippen molar-refractivity contribution in [2.24, 2.45) is 16.2 Å². The van der Waals surface area contributed by atoms with Crippen LogP contribution in [0.1, 0.15) is 274 Å². The second kappa shape index (κ2) is 31.5. The first kappa shape index (κ1) is 50.2. The van der Waals surface area contributed by atoms with E-state index in [1.54, 1.807) is 0 Å². The molecule has 2 heteroatoms. The van der Waals surface area contributed by atoms with Crippen molar-refractivity contribution < 1.29 is 4.80 Å². The third-order valence-electron chi connectivity index (χ3n) is 11.4. The summed E-state index contributed by atoms with van der Waals surface area (Å²) in [6, 6.07) is 3.22. The van der Waals surface area contributed by atoms with E-state index in [2.05, 4.69) is 62.3 Å². The van der Waals surface area contributed by atoms with Crippen LogP contribution < -0.4 is 0 Å². The van der Waals surface area contributed by atoms with E-state index in [9.17, 15) is 4.80 Å². The molecule has 0 amide bonds. The molecule has 0 bridgehead atoms. The summed E-state index contributed by atoms with van der Waals surface area (Å²) in [7, 11) is -2.32. The molecule has 0 heterocycles. The monoisotopic (exact) mass is 720 g/mol. The molecule has 0 aromatic carbocycles. The van der Waals surface area contributed by atoms with Crippen LogP contribution in [0.2, 0.25) is 18.1 Å². The molecule has 0 fully saturated rings. The third-order valence-corrected chi connectivity index (χ3v) is 15.2. The Labute approximate surface area is 320 Å². The van der Waals surface area contributed by atoms with Crippen molar-refractivity contribution in [3.05, 3.63) is 0 Å². The van der Waals surface area contributed by atoms with Gasteiger partial charge in [-0.15, -0.1) is 0 Å². The molecular weight excluding hydrogens is 621 g/mol. The van der Waals surface area contributed by atoms with Crippen LogP contribution in [-0.2, 0) is 4.80 Å². The van der Waals surface area contributed by atoms with Crippen LogP contribution in [0.3, 0.4) is 0 Å². The Morgan fingerprint density at radius 3 is 0.540 bits per heavy atom. The van der Waals surface area contributed by atoms with Gasteiger partial charge in [0.15, 0.2) is 0 Å². The molecule has 50 heavy (non-hydrogen) atoms. The summed E-state index contributed by atoms with van der Waals surface area (Å²) in [5.74, 6) is 0. The molecule has 0 saturated carbocycles. The fourth-order valence-electron chi connectivity index (χ4n) is 7.93. The molecule has 0 spiro atoms. The van der Waals surface area contributed by atoms with Crippen molar-refractivity contribution in [3.8, 4) is 0 Å². The lowest BCUT2D eigenvalue weighted by Crippen LogP contribution is -2.32. The Morgan fingerprint density at radius 1 is 0.240 bits per heavy atom. The molecule has 0 aliphatic rings. The van der Waals surface area contributed by atoms with E-state index in [0.29, 0.717) is 16.2 Å². The normalized spacial score (nSPS) is 13.1. The van der Waals surface area contributed by atoms with Gasteiger partial charge in [-0.25, -0.2) is 0 Å². The lowest BCUT2D eigenvalue weighted by atomic mass is 9.89. The van der Waals surface area contributed by atoms with Gasteiger partial charge in [0.05, 0.1) is 0 Å². The molecule has 0 unspecified atom stereocenters. The lowest BCUT2D eigenvalue weighted by molar-refractivity contribution is 0.356. The maximum absolute atomic E-state index is 14.2. The summed E-state index contributed by atoms with van der Waals surface area (Å²) in [6.07, 6.45) is 45.5. The predicted octanol–water partition coefficient (Wildman–Crippen LogP) is 18.4. The molecule has 0 aromatic heterocycles. The van der Waals surface area contributed by atoms with Gasteiger partial charge < -0.3 is 0 Å². The largest absolute Gasteiger partial charge is 0.297 e. The van der Waals surface area contributed by atoms with Crippen LogP contribution in [0.5, 0.6) is 0 Å². The van der Waals surface area contributed by atoms with Gasteiger partial charge in [-0.1, -0.05) is 255 Å². The number of rotatable bonds is 36. The van der Waals surface area contributed by atoms with E-state index < -0.39 is 8.32 Å². The molecule has 0 N–H and O–H groups in total. The summed E-state index contributed by atoms with van der Waals surface area (Å²) in [5.41, 5.74) is 1.50. The minimum Gasteiger partial charge on any atom is -0.297 e. The Balaban J connectivity index is 4.16.